The van der Waals surface area contributed by atoms with Gasteiger partial charge in [0.2, 0.25) is 0 Å². The van der Waals surface area contributed by atoms with Crippen molar-refractivity contribution >= 4 is 23.5 Å². The zero-order valence-electron chi connectivity index (χ0n) is 11.1. The molecule has 0 saturated heterocycles. The maximum Gasteiger partial charge on any atom is 0.416 e. The summed E-state index contributed by atoms with van der Waals surface area (Å²) in [5, 5.41) is 8.31. The summed E-state index contributed by atoms with van der Waals surface area (Å²) in [4.78, 5) is 23.5. The van der Waals surface area contributed by atoms with Gasteiger partial charge in [-0.2, -0.15) is 13.2 Å². The summed E-state index contributed by atoms with van der Waals surface area (Å²) >= 11 is 5.60. The van der Waals surface area contributed by atoms with Gasteiger partial charge in [0.15, 0.2) is 0 Å². The number of rotatable bonds is 5. The van der Waals surface area contributed by atoms with Crippen molar-refractivity contribution in [2.75, 3.05) is 13.6 Å². The van der Waals surface area contributed by atoms with Gasteiger partial charge in [-0.3, -0.25) is 9.59 Å². The maximum atomic E-state index is 12.7. The maximum absolute atomic E-state index is 12.7. The van der Waals surface area contributed by atoms with Crippen molar-refractivity contribution in [2.24, 2.45) is 0 Å². The molecule has 0 fully saturated rings. The molecule has 0 radical (unpaired) electrons. The average molecular weight is 324 g/mol. The monoisotopic (exact) mass is 323 g/mol. The highest BCUT2D eigenvalue weighted by atomic mass is 35.5. The van der Waals surface area contributed by atoms with Gasteiger partial charge in [0.1, 0.15) is 0 Å². The number of halogens is 4. The number of carboxylic acid groups (broad SMARTS) is 1. The number of hydrogen-bond donors (Lipinski definition) is 1. The Bertz CT molecular complexity index is 546. The summed E-state index contributed by atoms with van der Waals surface area (Å²) in [5.41, 5.74) is -1.19. The van der Waals surface area contributed by atoms with Gasteiger partial charge in [0.25, 0.3) is 5.91 Å². The molecule has 0 spiro atoms. The first-order valence-electron chi connectivity index (χ1n) is 5.96. The minimum atomic E-state index is -4.60. The van der Waals surface area contributed by atoms with Crippen molar-refractivity contribution in [3.8, 4) is 0 Å². The predicted octanol–water partition coefficient (Wildman–Crippen LogP) is 3.30. The molecule has 116 valence electrons. The quantitative estimate of drug-likeness (QED) is 0.904. The SMILES string of the molecule is CN(CCCC(=O)O)C(=O)c1cc(Cl)cc(C(F)(F)F)c1. The van der Waals surface area contributed by atoms with Crippen molar-refractivity contribution < 1.29 is 27.9 Å². The molecule has 0 bridgehead atoms. The smallest absolute Gasteiger partial charge is 0.416 e. The van der Waals surface area contributed by atoms with Gasteiger partial charge in [-0.25, -0.2) is 0 Å². The molecule has 0 aliphatic carbocycles. The van der Waals surface area contributed by atoms with E-state index in [9.17, 15) is 22.8 Å². The van der Waals surface area contributed by atoms with Crippen molar-refractivity contribution in [2.45, 2.75) is 19.0 Å². The normalized spacial score (nSPS) is 11.3. The molecule has 0 saturated carbocycles. The van der Waals surface area contributed by atoms with Gasteiger partial charge >= 0.3 is 12.1 Å². The second-order valence-corrected chi connectivity index (χ2v) is 4.89. The number of hydrogen-bond acceptors (Lipinski definition) is 2. The molecular weight excluding hydrogens is 311 g/mol. The first kappa shape index (κ1) is 17.3. The fourth-order valence-electron chi connectivity index (χ4n) is 1.67. The Kier molecular flexibility index (Phi) is 5.60. The van der Waals surface area contributed by atoms with Gasteiger partial charge in [-0.05, 0) is 24.6 Å². The van der Waals surface area contributed by atoms with Crippen LogP contribution in [-0.4, -0.2) is 35.5 Å². The number of carboxylic acids is 1. The zero-order valence-corrected chi connectivity index (χ0v) is 11.8. The summed E-state index contributed by atoms with van der Waals surface area (Å²) in [6.45, 7) is 0.124. The molecule has 21 heavy (non-hydrogen) atoms. The van der Waals surface area contributed by atoms with Gasteiger partial charge in [-0.1, -0.05) is 11.6 Å². The highest BCUT2D eigenvalue weighted by Crippen LogP contribution is 2.32. The summed E-state index contributed by atoms with van der Waals surface area (Å²) in [6, 6.07) is 2.61. The molecule has 0 aromatic heterocycles. The van der Waals surface area contributed by atoms with Crippen molar-refractivity contribution in [3.63, 3.8) is 0 Å². The summed E-state index contributed by atoms with van der Waals surface area (Å²) in [7, 11) is 1.39. The Labute approximate surface area is 124 Å². The first-order valence-corrected chi connectivity index (χ1v) is 6.34. The fourth-order valence-corrected chi connectivity index (χ4v) is 1.90. The minimum Gasteiger partial charge on any atom is -0.481 e. The molecule has 1 aromatic rings. The number of alkyl halides is 3. The Morgan fingerprint density at radius 2 is 1.90 bits per heavy atom. The molecule has 1 N–H and O–H groups in total. The van der Waals surface area contributed by atoms with Crippen LogP contribution in [0, 0.1) is 0 Å². The van der Waals surface area contributed by atoms with Crippen LogP contribution in [0.3, 0.4) is 0 Å². The molecule has 1 amide bonds. The van der Waals surface area contributed by atoms with Crippen molar-refractivity contribution in [3.05, 3.63) is 34.3 Å². The number of aliphatic carboxylic acids is 1. The van der Waals surface area contributed by atoms with E-state index in [0.717, 1.165) is 23.1 Å². The summed E-state index contributed by atoms with van der Waals surface area (Å²) < 4.78 is 38.0. The second-order valence-electron chi connectivity index (χ2n) is 4.45. The molecule has 0 atom stereocenters. The Morgan fingerprint density at radius 3 is 2.43 bits per heavy atom. The number of nitrogens with zero attached hydrogens (tertiary/aromatic N) is 1. The van der Waals surface area contributed by atoms with Crippen LogP contribution in [0.2, 0.25) is 5.02 Å². The topological polar surface area (TPSA) is 57.6 Å². The molecule has 8 heteroatoms. The second kappa shape index (κ2) is 6.80. The fraction of sp³-hybridized carbons (Fsp3) is 0.385. The number of amides is 1. The van der Waals surface area contributed by atoms with Crippen molar-refractivity contribution in [1.29, 1.82) is 0 Å². The number of benzene rings is 1. The molecule has 0 heterocycles. The van der Waals surface area contributed by atoms with E-state index in [1.807, 2.05) is 0 Å². The molecule has 1 rings (SSSR count). The highest BCUT2D eigenvalue weighted by Gasteiger charge is 2.32. The molecule has 4 nitrogen and oxygen atoms in total. The third kappa shape index (κ3) is 5.26. The Balaban J connectivity index is 2.87. The predicted molar refractivity (Wildman–Crippen MR) is 70.3 cm³/mol. The van der Waals surface area contributed by atoms with Crippen LogP contribution >= 0.6 is 11.6 Å². The van der Waals surface area contributed by atoms with E-state index in [1.165, 1.54) is 7.05 Å². The number of carbonyl (C=O) groups excluding carboxylic acids is 1. The van der Waals surface area contributed by atoms with Gasteiger partial charge in [0, 0.05) is 30.6 Å². The molecule has 0 aliphatic heterocycles. The zero-order chi connectivity index (χ0) is 16.2. The van der Waals surface area contributed by atoms with E-state index in [1.54, 1.807) is 0 Å². The molecular formula is C13H13ClF3NO3. The third-order valence-electron chi connectivity index (χ3n) is 2.70. The van der Waals surface area contributed by atoms with Gasteiger partial charge in [-0.15, -0.1) is 0 Å². The molecule has 0 unspecified atom stereocenters. The number of carbonyl (C=O) groups is 2. The average Bonchev–Trinajstić information content (AvgIpc) is 2.35. The van der Waals surface area contributed by atoms with Gasteiger partial charge < -0.3 is 10.0 Å². The van der Waals surface area contributed by atoms with Crippen molar-refractivity contribution in [1.82, 2.24) is 4.90 Å². The standard InChI is InChI=1S/C13H13ClF3NO3/c1-18(4-2-3-11(19)20)12(21)8-5-9(13(15,16)17)7-10(14)6-8/h5-7H,2-4H2,1H3,(H,19,20). The lowest BCUT2D eigenvalue weighted by molar-refractivity contribution is -0.138. The van der Waals surface area contributed by atoms with E-state index in [-0.39, 0.29) is 30.0 Å². The van der Waals surface area contributed by atoms with Crippen LogP contribution < -0.4 is 0 Å². The van der Waals surface area contributed by atoms with Crippen LogP contribution in [0.4, 0.5) is 13.2 Å². The van der Waals surface area contributed by atoms with E-state index in [2.05, 4.69) is 0 Å². The summed E-state index contributed by atoms with van der Waals surface area (Å²) in [6.07, 6.45) is -4.51. The van der Waals surface area contributed by atoms with Gasteiger partial charge in [0.05, 0.1) is 5.56 Å². The first-order chi connectivity index (χ1) is 9.61. The minimum absolute atomic E-state index is 0.124. The van der Waals surface area contributed by atoms with Crippen LogP contribution in [0.1, 0.15) is 28.8 Å². The van der Waals surface area contributed by atoms with Crippen LogP contribution in [0.5, 0.6) is 0 Å². The highest BCUT2D eigenvalue weighted by molar-refractivity contribution is 6.31. The summed E-state index contributed by atoms with van der Waals surface area (Å²) in [5.74, 6) is -1.65. The van der Waals surface area contributed by atoms with E-state index in [4.69, 9.17) is 16.7 Å². The van der Waals surface area contributed by atoms with E-state index < -0.39 is 23.6 Å². The van der Waals surface area contributed by atoms with E-state index in [0.29, 0.717) is 0 Å². The molecule has 0 aliphatic rings. The van der Waals surface area contributed by atoms with Crippen LogP contribution in [-0.2, 0) is 11.0 Å². The van der Waals surface area contributed by atoms with Crippen LogP contribution in [0.25, 0.3) is 0 Å². The third-order valence-corrected chi connectivity index (χ3v) is 2.92. The lowest BCUT2D eigenvalue weighted by Gasteiger charge is -2.18. The lowest BCUT2D eigenvalue weighted by Crippen LogP contribution is -2.28. The largest absolute Gasteiger partial charge is 0.481 e. The Morgan fingerprint density at radius 1 is 1.29 bits per heavy atom. The van der Waals surface area contributed by atoms with E-state index >= 15 is 0 Å². The molecule has 1 aromatic carbocycles. The van der Waals surface area contributed by atoms with Crippen LogP contribution in [0.15, 0.2) is 18.2 Å². The lowest BCUT2D eigenvalue weighted by atomic mass is 10.1. The Hall–Kier alpha value is -1.76.